The molecular weight excluding hydrogens is 468 g/mol. The molecule has 1 heterocycles. The Balaban J connectivity index is 1.86. The third kappa shape index (κ3) is 6.16. The fraction of sp³-hybridized carbons (Fsp3) is 0.375. The van der Waals surface area contributed by atoms with Crippen molar-refractivity contribution in [2.24, 2.45) is 0 Å². The van der Waals surface area contributed by atoms with Gasteiger partial charge in [-0.3, -0.25) is 4.79 Å². The van der Waals surface area contributed by atoms with E-state index in [0.29, 0.717) is 23.0 Å². The van der Waals surface area contributed by atoms with Crippen molar-refractivity contribution in [3.8, 4) is 6.07 Å². The molecule has 6 nitrogen and oxygen atoms in total. The topological polar surface area (TPSA) is 82.4 Å². The molecule has 2 aromatic rings. The van der Waals surface area contributed by atoms with Crippen molar-refractivity contribution in [1.29, 1.82) is 5.26 Å². The predicted octanol–water partition coefficient (Wildman–Crippen LogP) is 5.53. The van der Waals surface area contributed by atoms with Crippen LogP contribution in [0.5, 0.6) is 0 Å². The van der Waals surface area contributed by atoms with Crippen molar-refractivity contribution in [3.05, 3.63) is 69.0 Å². The lowest BCUT2D eigenvalue weighted by molar-refractivity contribution is 0.0177. The second kappa shape index (κ2) is 9.98. The monoisotopic (exact) mass is 491 g/mol. The molecule has 2 amide bonds. The summed E-state index contributed by atoms with van der Waals surface area (Å²) < 4.78 is 19.9. The molecule has 1 aliphatic heterocycles. The third-order valence-electron chi connectivity index (χ3n) is 5.30. The highest BCUT2D eigenvalue weighted by Gasteiger charge is 2.36. The highest BCUT2D eigenvalue weighted by atomic mass is 35.5. The molecule has 174 valence electrons. The Kier molecular flexibility index (Phi) is 7.51. The second-order valence-corrected chi connectivity index (χ2v) is 9.70. The van der Waals surface area contributed by atoms with E-state index in [-0.39, 0.29) is 23.6 Å². The van der Waals surface area contributed by atoms with Gasteiger partial charge in [0, 0.05) is 25.0 Å². The summed E-state index contributed by atoms with van der Waals surface area (Å²) in [6, 6.07) is 10.3. The lowest BCUT2D eigenvalue weighted by atomic mass is 9.85. The fourth-order valence-corrected chi connectivity index (χ4v) is 4.02. The number of piperidine rings is 1. The number of ether oxygens (including phenoxy) is 1. The summed E-state index contributed by atoms with van der Waals surface area (Å²) >= 11 is 12.3. The maximum Gasteiger partial charge on any atom is 0.410 e. The summed E-state index contributed by atoms with van der Waals surface area (Å²) in [7, 11) is 0. The van der Waals surface area contributed by atoms with Gasteiger partial charge in [-0.05, 0) is 63.1 Å². The summed E-state index contributed by atoms with van der Waals surface area (Å²) in [6.07, 6.45) is -0.0242. The molecule has 1 saturated heterocycles. The minimum Gasteiger partial charge on any atom is -0.444 e. The number of likely N-dealkylation sites (tertiary alicyclic amines) is 1. The molecular formula is C24H24Cl2FN3O3. The zero-order chi connectivity index (χ0) is 24.3. The molecule has 1 aliphatic rings. The van der Waals surface area contributed by atoms with Crippen molar-refractivity contribution in [3.63, 3.8) is 0 Å². The standard InChI is InChI=1S/C24H24Cl2FN3O3/c1-24(2,3)33-23(32)30-9-8-21(17(13-30)15-5-7-18(25)19(26)11-15)29-22(31)16-6-4-14(12-28)10-20(16)27/h4-7,10-11,17,21H,8-9,13H2,1-3H3,(H,29,31)/t17-,21+/m0/s1. The summed E-state index contributed by atoms with van der Waals surface area (Å²) in [4.78, 5) is 27.1. The zero-order valence-corrected chi connectivity index (χ0v) is 20.0. The lowest BCUT2D eigenvalue weighted by Gasteiger charge is -2.39. The van der Waals surface area contributed by atoms with Crippen LogP contribution in [0.2, 0.25) is 10.0 Å². The van der Waals surface area contributed by atoms with E-state index >= 15 is 0 Å². The van der Waals surface area contributed by atoms with Gasteiger partial charge in [0.15, 0.2) is 0 Å². The molecule has 0 bridgehead atoms. The Labute approximate surface area is 202 Å². The first kappa shape index (κ1) is 24.8. The fourth-order valence-electron chi connectivity index (χ4n) is 3.71. The minimum atomic E-state index is -0.774. The van der Waals surface area contributed by atoms with Gasteiger partial charge in [0.25, 0.3) is 5.91 Å². The van der Waals surface area contributed by atoms with E-state index < -0.39 is 29.5 Å². The molecule has 9 heteroatoms. The summed E-state index contributed by atoms with van der Waals surface area (Å²) in [5.74, 6) is -1.70. The van der Waals surface area contributed by atoms with E-state index in [9.17, 15) is 14.0 Å². The van der Waals surface area contributed by atoms with Gasteiger partial charge in [-0.1, -0.05) is 29.3 Å². The predicted molar refractivity (Wildman–Crippen MR) is 124 cm³/mol. The summed E-state index contributed by atoms with van der Waals surface area (Å²) in [5.41, 5.74) is 0.108. The van der Waals surface area contributed by atoms with Gasteiger partial charge in [0.05, 0.1) is 27.2 Å². The van der Waals surface area contributed by atoms with E-state index in [0.717, 1.165) is 11.6 Å². The summed E-state index contributed by atoms with van der Waals surface area (Å²) in [6.45, 7) is 6.00. The van der Waals surface area contributed by atoms with Gasteiger partial charge in [-0.15, -0.1) is 0 Å². The van der Waals surface area contributed by atoms with Crippen LogP contribution in [0, 0.1) is 17.1 Å². The first-order valence-corrected chi connectivity index (χ1v) is 11.2. The van der Waals surface area contributed by atoms with Crippen LogP contribution >= 0.6 is 23.2 Å². The smallest absolute Gasteiger partial charge is 0.410 e. The van der Waals surface area contributed by atoms with E-state index in [4.69, 9.17) is 33.2 Å². The highest BCUT2D eigenvalue weighted by molar-refractivity contribution is 6.42. The molecule has 0 saturated carbocycles. The largest absolute Gasteiger partial charge is 0.444 e. The second-order valence-electron chi connectivity index (χ2n) is 8.88. The molecule has 0 unspecified atom stereocenters. The van der Waals surface area contributed by atoms with E-state index in [2.05, 4.69) is 5.32 Å². The number of carbonyl (C=O) groups excluding carboxylic acids is 2. The van der Waals surface area contributed by atoms with Gasteiger partial charge < -0.3 is 15.0 Å². The maximum absolute atomic E-state index is 14.4. The van der Waals surface area contributed by atoms with E-state index in [1.54, 1.807) is 43.9 Å². The van der Waals surface area contributed by atoms with Crippen LogP contribution < -0.4 is 5.32 Å². The quantitative estimate of drug-likeness (QED) is 0.611. The van der Waals surface area contributed by atoms with E-state index in [1.165, 1.54) is 12.1 Å². The number of benzene rings is 2. The SMILES string of the molecule is CC(C)(C)OC(=O)N1CC[C@@H](NC(=O)c2ccc(C#N)cc2F)[C@H](c2ccc(Cl)c(Cl)c2)C1. The first-order chi connectivity index (χ1) is 15.5. The van der Waals surface area contributed by atoms with Crippen LogP contribution in [0.25, 0.3) is 0 Å². The number of hydrogen-bond acceptors (Lipinski definition) is 4. The number of hydrogen-bond donors (Lipinski definition) is 1. The maximum atomic E-state index is 14.4. The highest BCUT2D eigenvalue weighted by Crippen LogP contribution is 2.33. The lowest BCUT2D eigenvalue weighted by Crippen LogP contribution is -2.52. The van der Waals surface area contributed by atoms with Crippen LogP contribution in [0.15, 0.2) is 36.4 Å². The van der Waals surface area contributed by atoms with Crippen molar-refractivity contribution in [1.82, 2.24) is 10.2 Å². The molecule has 0 radical (unpaired) electrons. The number of nitriles is 1. The van der Waals surface area contributed by atoms with Gasteiger partial charge in [0.2, 0.25) is 0 Å². The average molecular weight is 492 g/mol. The van der Waals surface area contributed by atoms with Crippen molar-refractivity contribution in [2.75, 3.05) is 13.1 Å². The molecule has 0 aliphatic carbocycles. The third-order valence-corrected chi connectivity index (χ3v) is 6.03. The molecule has 0 aromatic heterocycles. The Morgan fingerprint density at radius 2 is 1.91 bits per heavy atom. The number of rotatable bonds is 3. The molecule has 1 fully saturated rings. The van der Waals surface area contributed by atoms with Gasteiger partial charge >= 0.3 is 6.09 Å². The van der Waals surface area contributed by atoms with Crippen LogP contribution in [0.4, 0.5) is 9.18 Å². The van der Waals surface area contributed by atoms with Crippen molar-refractivity contribution >= 4 is 35.2 Å². The van der Waals surface area contributed by atoms with Crippen molar-refractivity contribution < 1.29 is 18.7 Å². The number of nitrogens with zero attached hydrogens (tertiary/aromatic N) is 2. The Bertz CT molecular complexity index is 1110. The molecule has 33 heavy (non-hydrogen) atoms. The molecule has 2 aromatic carbocycles. The van der Waals surface area contributed by atoms with Gasteiger partial charge in [0.1, 0.15) is 11.4 Å². The Morgan fingerprint density at radius 1 is 1.18 bits per heavy atom. The zero-order valence-electron chi connectivity index (χ0n) is 18.5. The normalized spacial score (nSPS) is 18.4. The Hall–Kier alpha value is -2.82. The van der Waals surface area contributed by atoms with Crippen LogP contribution in [-0.2, 0) is 4.74 Å². The average Bonchev–Trinajstić information content (AvgIpc) is 2.74. The van der Waals surface area contributed by atoms with Crippen LogP contribution in [0.3, 0.4) is 0 Å². The molecule has 2 atom stereocenters. The minimum absolute atomic E-state index is 0.128. The molecule has 0 spiro atoms. The summed E-state index contributed by atoms with van der Waals surface area (Å²) in [5, 5.41) is 12.5. The molecule has 3 rings (SSSR count). The van der Waals surface area contributed by atoms with Gasteiger partial charge in [-0.25, -0.2) is 9.18 Å². The number of halogens is 3. The Morgan fingerprint density at radius 3 is 2.52 bits per heavy atom. The number of carbonyl (C=O) groups is 2. The van der Waals surface area contributed by atoms with Gasteiger partial charge in [-0.2, -0.15) is 5.26 Å². The molecule has 1 N–H and O–H groups in total. The first-order valence-electron chi connectivity index (χ1n) is 10.4. The number of nitrogens with one attached hydrogen (secondary N) is 1. The van der Waals surface area contributed by atoms with Crippen LogP contribution in [-0.4, -0.2) is 41.6 Å². The van der Waals surface area contributed by atoms with E-state index in [1.807, 2.05) is 6.07 Å². The van der Waals surface area contributed by atoms with Crippen molar-refractivity contribution in [2.45, 2.75) is 44.8 Å². The van der Waals surface area contributed by atoms with Crippen LogP contribution in [0.1, 0.15) is 54.6 Å². The number of amides is 2.